The van der Waals surface area contributed by atoms with Crippen molar-refractivity contribution >= 4 is 35.2 Å². The Morgan fingerprint density at radius 2 is 1.74 bits per heavy atom. The Morgan fingerprint density at radius 3 is 2.39 bits per heavy atom. The molecule has 9 nitrogen and oxygen atoms in total. The lowest BCUT2D eigenvalue weighted by Crippen LogP contribution is -2.52. The van der Waals surface area contributed by atoms with E-state index in [1.807, 2.05) is 45.0 Å². The molecular formula is C29H38N4O5. The van der Waals surface area contributed by atoms with E-state index in [-0.39, 0.29) is 42.5 Å². The number of hydrogen-bond donors (Lipinski definition) is 4. The van der Waals surface area contributed by atoms with Gasteiger partial charge in [-0.3, -0.25) is 14.4 Å². The van der Waals surface area contributed by atoms with Gasteiger partial charge in [0.2, 0.25) is 11.8 Å². The highest BCUT2D eigenvalue weighted by Crippen LogP contribution is 2.21. The number of carboxylic acid groups (broad SMARTS) is 1. The van der Waals surface area contributed by atoms with Gasteiger partial charge in [0.15, 0.2) is 0 Å². The fraction of sp³-hybridized carbons (Fsp3) is 0.448. The fourth-order valence-electron chi connectivity index (χ4n) is 4.73. The van der Waals surface area contributed by atoms with Gasteiger partial charge in [0, 0.05) is 30.9 Å². The number of hydrogen-bond acceptors (Lipinski definition) is 4. The minimum Gasteiger partial charge on any atom is -0.481 e. The molecular weight excluding hydrogens is 484 g/mol. The van der Waals surface area contributed by atoms with Gasteiger partial charge in [0.1, 0.15) is 6.04 Å². The first kappa shape index (κ1) is 28.7. The first-order valence-electron chi connectivity index (χ1n) is 13.1. The second kappa shape index (κ2) is 13.6. The molecule has 0 spiro atoms. The van der Waals surface area contributed by atoms with E-state index in [0.29, 0.717) is 25.2 Å². The smallest absolute Gasteiger partial charge is 0.323 e. The van der Waals surface area contributed by atoms with E-state index in [0.717, 1.165) is 29.7 Å². The highest BCUT2D eigenvalue weighted by atomic mass is 16.4. The number of likely N-dealkylation sites (tertiary alicyclic amines) is 1. The van der Waals surface area contributed by atoms with Crippen LogP contribution in [-0.2, 0) is 20.8 Å². The van der Waals surface area contributed by atoms with Crippen LogP contribution >= 0.6 is 0 Å². The van der Waals surface area contributed by atoms with Gasteiger partial charge in [0.05, 0.1) is 6.42 Å². The number of nitrogens with zero attached hydrogens (tertiary/aromatic N) is 1. The molecule has 1 aliphatic rings. The quantitative estimate of drug-likeness (QED) is 0.367. The summed E-state index contributed by atoms with van der Waals surface area (Å²) in [5.41, 5.74) is 3.03. The van der Waals surface area contributed by atoms with Crippen molar-refractivity contribution in [1.82, 2.24) is 10.2 Å². The Hall–Kier alpha value is -3.88. The van der Waals surface area contributed by atoms with Gasteiger partial charge in [-0.25, -0.2) is 4.79 Å². The van der Waals surface area contributed by atoms with Gasteiger partial charge < -0.3 is 26.0 Å². The molecule has 0 aromatic heterocycles. The van der Waals surface area contributed by atoms with Crippen LogP contribution in [0.2, 0.25) is 0 Å². The highest BCUT2D eigenvalue weighted by Gasteiger charge is 2.31. The molecule has 0 radical (unpaired) electrons. The van der Waals surface area contributed by atoms with Gasteiger partial charge in [-0.1, -0.05) is 44.2 Å². The predicted octanol–water partition coefficient (Wildman–Crippen LogP) is 4.43. The molecule has 9 heteroatoms. The van der Waals surface area contributed by atoms with Gasteiger partial charge in [0.25, 0.3) is 0 Å². The molecule has 1 fully saturated rings. The summed E-state index contributed by atoms with van der Waals surface area (Å²) in [5, 5.41) is 17.6. The molecule has 38 heavy (non-hydrogen) atoms. The summed E-state index contributed by atoms with van der Waals surface area (Å²) in [7, 11) is 0. The normalized spacial score (nSPS) is 16.0. The Labute approximate surface area is 224 Å². The summed E-state index contributed by atoms with van der Waals surface area (Å²) in [6.07, 6.45) is 2.19. The van der Waals surface area contributed by atoms with Crippen molar-refractivity contribution in [1.29, 1.82) is 0 Å². The third-order valence-electron chi connectivity index (χ3n) is 6.60. The summed E-state index contributed by atoms with van der Waals surface area (Å²) in [5.74, 6) is -1.14. The largest absolute Gasteiger partial charge is 0.481 e. The van der Waals surface area contributed by atoms with Crippen molar-refractivity contribution in [3.8, 4) is 0 Å². The number of aliphatic carboxylic acids is 1. The zero-order chi connectivity index (χ0) is 27.7. The lowest BCUT2D eigenvalue weighted by Gasteiger charge is -2.35. The van der Waals surface area contributed by atoms with Crippen molar-refractivity contribution in [2.24, 2.45) is 11.8 Å². The Morgan fingerprint density at radius 1 is 1.03 bits per heavy atom. The summed E-state index contributed by atoms with van der Waals surface area (Å²) < 4.78 is 0. The molecule has 0 bridgehead atoms. The van der Waals surface area contributed by atoms with Gasteiger partial charge in [-0.2, -0.15) is 0 Å². The Kier molecular flexibility index (Phi) is 10.3. The molecule has 3 rings (SSSR count). The minimum atomic E-state index is -0.857. The van der Waals surface area contributed by atoms with Crippen molar-refractivity contribution in [2.45, 2.75) is 58.9 Å². The molecule has 4 N–H and O–H groups in total. The summed E-state index contributed by atoms with van der Waals surface area (Å²) in [6, 6.07) is 13.5. The maximum absolute atomic E-state index is 13.3. The zero-order valence-electron chi connectivity index (χ0n) is 22.3. The van der Waals surface area contributed by atoms with Crippen LogP contribution in [-0.4, -0.2) is 53.0 Å². The van der Waals surface area contributed by atoms with Crippen LogP contribution < -0.4 is 16.0 Å². The maximum atomic E-state index is 13.3. The molecule has 2 aromatic carbocycles. The number of urea groups is 1. The molecule has 1 heterocycles. The van der Waals surface area contributed by atoms with Crippen LogP contribution in [0.15, 0.2) is 48.5 Å². The Bertz CT molecular complexity index is 1130. The summed E-state index contributed by atoms with van der Waals surface area (Å²) in [4.78, 5) is 51.3. The van der Waals surface area contributed by atoms with Crippen molar-refractivity contribution in [3.05, 3.63) is 59.7 Å². The lowest BCUT2D eigenvalue weighted by atomic mass is 9.93. The van der Waals surface area contributed by atoms with Crippen molar-refractivity contribution < 1.29 is 24.3 Å². The monoisotopic (exact) mass is 522 g/mol. The van der Waals surface area contributed by atoms with Crippen LogP contribution in [0, 0.1) is 18.8 Å². The number of aryl methyl sites for hydroxylation is 1. The number of rotatable bonds is 10. The van der Waals surface area contributed by atoms with Crippen molar-refractivity contribution in [3.63, 3.8) is 0 Å². The second-order valence-electron chi connectivity index (χ2n) is 10.4. The average molecular weight is 523 g/mol. The molecule has 2 unspecified atom stereocenters. The summed E-state index contributed by atoms with van der Waals surface area (Å²) >= 11 is 0. The van der Waals surface area contributed by atoms with Crippen molar-refractivity contribution in [2.75, 3.05) is 23.7 Å². The number of anilines is 2. The average Bonchev–Trinajstić information content (AvgIpc) is 2.85. The third-order valence-corrected chi connectivity index (χ3v) is 6.60. The number of amides is 4. The topological polar surface area (TPSA) is 128 Å². The molecule has 0 aliphatic carbocycles. The van der Waals surface area contributed by atoms with Crippen LogP contribution in [0.5, 0.6) is 0 Å². The van der Waals surface area contributed by atoms with Crippen LogP contribution in [0.4, 0.5) is 16.2 Å². The number of carboxylic acids is 1. The third kappa shape index (κ3) is 8.90. The fourth-order valence-corrected chi connectivity index (χ4v) is 4.73. The number of para-hydroxylation sites is 1. The standard InChI is InChI=1S/C29H38N4O5/c1-19(2)15-25(28(37)33-14-6-8-22(18-33)17-27(35)36)31-26(34)16-21-10-12-23(13-11-21)30-29(38)32-24-9-5-4-7-20(24)3/h4-5,7,9-13,19,22,25H,6,8,14-18H2,1-3H3,(H,31,34)(H,35,36)(H2,30,32,38). The molecule has 4 amide bonds. The second-order valence-corrected chi connectivity index (χ2v) is 10.4. The van der Waals surface area contributed by atoms with Crippen LogP contribution in [0.25, 0.3) is 0 Å². The Balaban J connectivity index is 1.55. The first-order chi connectivity index (χ1) is 18.1. The van der Waals surface area contributed by atoms with Gasteiger partial charge >= 0.3 is 12.0 Å². The van der Waals surface area contributed by atoms with Crippen LogP contribution in [0.1, 0.15) is 50.7 Å². The molecule has 204 valence electrons. The maximum Gasteiger partial charge on any atom is 0.323 e. The predicted molar refractivity (Wildman–Crippen MR) is 147 cm³/mol. The van der Waals surface area contributed by atoms with Gasteiger partial charge in [-0.05, 0) is 67.3 Å². The zero-order valence-corrected chi connectivity index (χ0v) is 22.3. The van der Waals surface area contributed by atoms with E-state index < -0.39 is 12.0 Å². The number of nitrogens with one attached hydrogen (secondary N) is 3. The number of benzene rings is 2. The molecule has 2 atom stereocenters. The lowest BCUT2D eigenvalue weighted by molar-refractivity contribution is -0.142. The first-order valence-corrected chi connectivity index (χ1v) is 13.1. The SMILES string of the molecule is Cc1ccccc1NC(=O)Nc1ccc(CC(=O)NC(CC(C)C)C(=O)N2CCCC(CC(=O)O)C2)cc1. The van der Waals surface area contributed by atoms with Gasteiger partial charge in [-0.15, -0.1) is 0 Å². The molecule has 1 aliphatic heterocycles. The van der Waals surface area contributed by atoms with Crippen LogP contribution in [0.3, 0.4) is 0 Å². The molecule has 1 saturated heterocycles. The number of carbonyl (C=O) groups is 4. The molecule has 0 saturated carbocycles. The van der Waals surface area contributed by atoms with E-state index >= 15 is 0 Å². The van der Waals surface area contributed by atoms with E-state index in [2.05, 4.69) is 16.0 Å². The number of piperidine rings is 1. The summed E-state index contributed by atoms with van der Waals surface area (Å²) in [6.45, 7) is 6.89. The number of carbonyl (C=O) groups excluding carboxylic acids is 3. The van der Waals surface area contributed by atoms with E-state index in [9.17, 15) is 19.2 Å². The van der Waals surface area contributed by atoms with E-state index in [4.69, 9.17) is 5.11 Å². The van der Waals surface area contributed by atoms with E-state index in [1.165, 1.54) is 0 Å². The minimum absolute atomic E-state index is 0.0450. The highest BCUT2D eigenvalue weighted by molar-refractivity contribution is 6.00. The molecule has 2 aromatic rings. The van der Waals surface area contributed by atoms with E-state index in [1.54, 1.807) is 29.2 Å².